The lowest BCUT2D eigenvalue weighted by Gasteiger charge is -2.21. The van der Waals surface area contributed by atoms with Crippen molar-refractivity contribution in [2.75, 3.05) is 0 Å². The molecule has 0 aromatic heterocycles. The minimum atomic E-state index is -1.16. The average molecular weight is 350 g/mol. The zero-order valence-electron chi connectivity index (χ0n) is 14.1. The number of aliphatic carboxylic acids is 1. The number of hydrogen-bond donors (Lipinski definition) is 3. The van der Waals surface area contributed by atoms with Crippen LogP contribution in [-0.4, -0.2) is 35.0 Å². The van der Waals surface area contributed by atoms with Crippen molar-refractivity contribution in [1.82, 2.24) is 10.6 Å². The van der Waals surface area contributed by atoms with Crippen molar-refractivity contribution >= 4 is 17.8 Å². The van der Waals surface area contributed by atoms with Gasteiger partial charge in [0.05, 0.1) is 0 Å². The molecule has 3 N–H and O–H groups in total. The summed E-state index contributed by atoms with van der Waals surface area (Å²) in [6, 6.07) is 3.77. The average Bonchev–Trinajstić information content (AvgIpc) is 2.54. The monoisotopic (exact) mass is 350 g/mol. The maximum absolute atomic E-state index is 13.8. The number of carbonyl (C=O) groups excluding carboxylic acids is 2. The Balaban J connectivity index is 2.84. The second-order valence-electron chi connectivity index (χ2n) is 5.67. The van der Waals surface area contributed by atoms with Crippen LogP contribution in [0.25, 0.3) is 0 Å². The van der Waals surface area contributed by atoms with E-state index in [0.717, 1.165) is 0 Å². The molecule has 136 valence electrons. The number of carboxylic acids is 1. The summed E-state index contributed by atoms with van der Waals surface area (Å²) in [4.78, 5) is 35.1. The van der Waals surface area contributed by atoms with E-state index >= 15 is 0 Å². The van der Waals surface area contributed by atoms with Crippen LogP contribution >= 0.6 is 0 Å². The molecule has 7 heteroatoms. The minimum Gasteiger partial charge on any atom is -0.480 e. The molecule has 1 aromatic rings. The van der Waals surface area contributed by atoms with Crippen molar-refractivity contribution in [3.8, 4) is 0 Å². The highest BCUT2D eigenvalue weighted by molar-refractivity contribution is 5.90. The quantitative estimate of drug-likeness (QED) is 0.443. The summed E-state index contributed by atoms with van der Waals surface area (Å²) in [5.74, 6) is -2.78. The molecule has 25 heavy (non-hydrogen) atoms. The van der Waals surface area contributed by atoms with Gasteiger partial charge in [-0.1, -0.05) is 24.3 Å². The molecular weight excluding hydrogens is 327 g/mol. The molecule has 0 aliphatic carbocycles. The van der Waals surface area contributed by atoms with Crippen molar-refractivity contribution in [1.29, 1.82) is 0 Å². The van der Waals surface area contributed by atoms with Crippen LogP contribution in [0.2, 0.25) is 0 Å². The fourth-order valence-electron chi connectivity index (χ4n) is 2.33. The number of nitrogens with one attached hydrogen (secondary N) is 2. The number of allylic oxidation sites excluding steroid dienone is 1. The van der Waals surface area contributed by atoms with Crippen LogP contribution in [0, 0.1) is 5.82 Å². The van der Waals surface area contributed by atoms with Gasteiger partial charge >= 0.3 is 5.97 Å². The third-order valence-corrected chi connectivity index (χ3v) is 3.59. The Morgan fingerprint density at radius 1 is 1.24 bits per heavy atom. The van der Waals surface area contributed by atoms with Gasteiger partial charge in [0.25, 0.3) is 0 Å². The highest BCUT2D eigenvalue weighted by Gasteiger charge is 2.26. The molecule has 1 rings (SSSR count). The lowest BCUT2D eigenvalue weighted by Crippen LogP contribution is -2.52. The van der Waals surface area contributed by atoms with Crippen LogP contribution < -0.4 is 10.6 Å². The van der Waals surface area contributed by atoms with Crippen LogP contribution in [0.4, 0.5) is 4.39 Å². The molecule has 0 unspecified atom stereocenters. The number of unbranched alkanes of at least 4 members (excludes halogenated alkanes) is 1. The fraction of sp³-hybridized carbons (Fsp3) is 0.389. The molecule has 6 nitrogen and oxygen atoms in total. The smallest absolute Gasteiger partial charge is 0.326 e. The normalized spacial score (nSPS) is 12.7. The molecule has 0 fully saturated rings. The Morgan fingerprint density at radius 3 is 2.48 bits per heavy atom. The van der Waals surface area contributed by atoms with Crippen LogP contribution in [0.1, 0.15) is 31.7 Å². The third kappa shape index (κ3) is 7.15. The predicted octanol–water partition coefficient (Wildman–Crippen LogP) is 1.80. The van der Waals surface area contributed by atoms with E-state index in [9.17, 15) is 23.9 Å². The Labute approximate surface area is 146 Å². The second kappa shape index (κ2) is 10.2. The first kappa shape index (κ1) is 20.3. The first-order valence-electron chi connectivity index (χ1n) is 7.99. The van der Waals surface area contributed by atoms with Crippen molar-refractivity contribution in [3.05, 3.63) is 48.3 Å². The predicted molar refractivity (Wildman–Crippen MR) is 91.3 cm³/mol. The Hall–Kier alpha value is -2.70. The number of rotatable bonds is 10. The summed E-state index contributed by atoms with van der Waals surface area (Å²) < 4.78 is 13.8. The topological polar surface area (TPSA) is 95.5 Å². The van der Waals surface area contributed by atoms with Crippen LogP contribution in [0.3, 0.4) is 0 Å². The van der Waals surface area contributed by atoms with Crippen molar-refractivity contribution in [3.63, 3.8) is 0 Å². The molecule has 2 atom stereocenters. The number of carboxylic acid groups (broad SMARTS) is 1. The standard InChI is InChI=1S/C18H23FN2O4/c1-3-4-5-10-15(18(24)25)21-17(23)16(20-12(2)22)11-13-8-6-7-9-14(13)19/h3,6-9,15-16H,1,4-5,10-11H2,2H3,(H,20,22)(H,21,23)(H,24,25)/t15-,16-/m1/s1. The van der Waals surface area contributed by atoms with Gasteiger partial charge in [-0.25, -0.2) is 9.18 Å². The number of carbonyl (C=O) groups is 3. The van der Waals surface area contributed by atoms with Gasteiger partial charge in [0.2, 0.25) is 11.8 Å². The molecule has 0 saturated carbocycles. The Kier molecular flexibility index (Phi) is 8.32. The van der Waals surface area contributed by atoms with Gasteiger partial charge in [0.1, 0.15) is 17.9 Å². The summed E-state index contributed by atoms with van der Waals surface area (Å²) in [5.41, 5.74) is 0.259. The summed E-state index contributed by atoms with van der Waals surface area (Å²) >= 11 is 0. The molecule has 0 aliphatic heterocycles. The van der Waals surface area contributed by atoms with Gasteiger partial charge in [-0.05, 0) is 30.9 Å². The molecular formula is C18H23FN2O4. The Bertz CT molecular complexity index is 633. The molecule has 0 radical (unpaired) electrons. The number of benzene rings is 1. The van der Waals surface area contributed by atoms with Gasteiger partial charge in [-0.15, -0.1) is 6.58 Å². The molecule has 0 heterocycles. The van der Waals surface area contributed by atoms with E-state index < -0.39 is 35.7 Å². The van der Waals surface area contributed by atoms with Gasteiger partial charge in [0.15, 0.2) is 0 Å². The molecule has 0 aliphatic rings. The van der Waals surface area contributed by atoms with Crippen LogP contribution in [0.15, 0.2) is 36.9 Å². The van der Waals surface area contributed by atoms with Crippen molar-refractivity contribution in [2.24, 2.45) is 0 Å². The second-order valence-corrected chi connectivity index (χ2v) is 5.67. The largest absolute Gasteiger partial charge is 0.480 e. The lowest BCUT2D eigenvalue weighted by molar-refractivity contribution is -0.142. The zero-order chi connectivity index (χ0) is 18.8. The van der Waals surface area contributed by atoms with Crippen LogP contribution in [0.5, 0.6) is 0 Å². The maximum Gasteiger partial charge on any atom is 0.326 e. The van der Waals surface area contributed by atoms with E-state index in [4.69, 9.17) is 0 Å². The van der Waals surface area contributed by atoms with E-state index in [2.05, 4.69) is 17.2 Å². The van der Waals surface area contributed by atoms with E-state index in [1.54, 1.807) is 12.1 Å². The van der Waals surface area contributed by atoms with Gasteiger partial charge in [-0.3, -0.25) is 9.59 Å². The lowest BCUT2D eigenvalue weighted by atomic mass is 10.0. The van der Waals surface area contributed by atoms with Crippen molar-refractivity contribution < 1.29 is 23.9 Å². The van der Waals surface area contributed by atoms with E-state index in [-0.39, 0.29) is 18.4 Å². The summed E-state index contributed by atoms with van der Waals surface area (Å²) in [6.07, 6.45) is 3.01. The third-order valence-electron chi connectivity index (χ3n) is 3.59. The number of amides is 2. The summed E-state index contributed by atoms with van der Waals surface area (Å²) in [6.45, 7) is 4.80. The van der Waals surface area contributed by atoms with Crippen LogP contribution in [-0.2, 0) is 20.8 Å². The maximum atomic E-state index is 13.8. The van der Waals surface area contributed by atoms with Crippen molar-refractivity contribution in [2.45, 2.75) is 44.7 Å². The van der Waals surface area contributed by atoms with Gasteiger partial charge in [0, 0.05) is 13.3 Å². The molecule has 0 saturated heterocycles. The summed E-state index contributed by atoms with van der Waals surface area (Å²) in [7, 11) is 0. The number of halogens is 1. The Morgan fingerprint density at radius 2 is 1.92 bits per heavy atom. The first-order valence-corrected chi connectivity index (χ1v) is 7.99. The highest BCUT2D eigenvalue weighted by atomic mass is 19.1. The zero-order valence-corrected chi connectivity index (χ0v) is 14.1. The molecule has 0 spiro atoms. The first-order chi connectivity index (χ1) is 11.8. The fourth-order valence-corrected chi connectivity index (χ4v) is 2.33. The van der Waals surface area contributed by atoms with Gasteiger partial charge in [-0.2, -0.15) is 0 Å². The van der Waals surface area contributed by atoms with Gasteiger partial charge < -0.3 is 15.7 Å². The highest BCUT2D eigenvalue weighted by Crippen LogP contribution is 2.10. The SMILES string of the molecule is C=CCCC[C@@H](NC(=O)[C@@H](Cc1ccccc1F)NC(C)=O)C(=O)O. The van der Waals surface area contributed by atoms with E-state index in [1.165, 1.54) is 25.1 Å². The van der Waals surface area contributed by atoms with E-state index in [1.807, 2.05) is 0 Å². The molecule has 1 aromatic carbocycles. The number of hydrogen-bond acceptors (Lipinski definition) is 3. The summed E-state index contributed by atoms with van der Waals surface area (Å²) in [5, 5.41) is 14.1. The minimum absolute atomic E-state index is 0.0723. The molecule has 0 bridgehead atoms. The molecule has 2 amide bonds. The van der Waals surface area contributed by atoms with E-state index in [0.29, 0.717) is 12.8 Å².